The van der Waals surface area contributed by atoms with E-state index in [1.165, 1.54) is 19.3 Å². The predicted molar refractivity (Wildman–Crippen MR) is 84.9 cm³/mol. The molecular formula is C15H26BrN3O. The molecule has 1 atom stereocenters. The number of piperidine rings is 1. The van der Waals surface area contributed by atoms with Crippen molar-refractivity contribution in [2.45, 2.75) is 58.1 Å². The number of nitrogens with zero attached hydrogens (tertiary/aromatic N) is 3. The lowest BCUT2D eigenvalue weighted by atomic mass is 9.89. The minimum atomic E-state index is -0.397. The second kappa shape index (κ2) is 6.16. The number of likely N-dealkylation sites (tertiary alicyclic amines) is 1. The van der Waals surface area contributed by atoms with Gasteiger partial charge in [-0.1, -0.05) is 6.42 Å². The monoisotopic (exact) mass is 343 g/mol. The third-order valence-electron chi connectivity index (χ3n) is 4.63. The van der Waals surface area contributed by atoms with Crippen molar-refractivity contribution in [1.82, 2.24) is 14.7 Å². The fraction of sp³-hybridized carbons (Fsp3) is 0.800. The Bertz CT molecular complexity index is 464. The maximum atomic E-state index is 10.7. The average Bonchev–Trinajstić information content (AvgIpc) is 2.66. The van der Waals surface area contributed by atoms with Gasteiger partial charge in [-0.15, -0.1) is 0 Å². The number of aryl methyl sites for hydroxylation is 2. The molecule has 0 spiro atoms. The Balaban J connectivity index is 2.11. The summed E-state index contributed by atoms with van der Waals surface area (Å²) in [6.45, 7) is 8.47. The van der Waals surface area contributed by atoms with E-state index in [2.05, 4.69) is 39.8 Å². The van der Waals surface area contributed by atoms with Crippen LogP contribution in [0.4, 0.5) is 0 Å². The van der Waals surface area contributed by atoms with E-state index < -0.39 is 6.10 Å². The number of rotatable bonds is 4. The molecule has 114 valence electrons. The third kappa shape index (κ3) is 3.10. The summed E-state index contributed by atoms with van der Waals surface area (Å²) in [6.07, 6.45) is 4.03. The van der Waals surface area contributed by atoms with Gasteiger partial charge >= 0.3 is 0 Å². The molecule has 1 N–H and O–H groups in total. The number of aromatic nitrogens is 2. The summed E-state index contributed by atoms with van der Waals surface area (Å²) in [4.78, 5) is 2.43. The van der Waals surface area contributed by atoms with Crippen molar-refractivity contribution in [3.05, 3.63) is 15.9 Å². The Labute approximate surface area is 130 Å². The highest BCUT2D eigenvalue weighted by molar-refractivity contribution is 9.10. The van der Waals surface area contributed by atoms with Crippen LogP contribution in [-0.4, -0.2) is 44.5 Å². The number of halogens is 1. The van der Waals surface area contributed by atoms with Crippen LogP contribution in [0, 0.1) is 6.92 Å². The zero-order valence-corrected chi connectivity index (χ0v) is 14.6. The lowest BCUT2D eigenvalue weighted by Crippen LogP contribution is -2.55. The number of hydrogen-bond acceptors (Lipinski definition) is 3. The first-order valence-electron chi connectivity index (χ1n) is 7.45. The van der Waals surface area contributed by atoms with Gasteiger partial charge in [-0.2, -0.15) is 5.10 Å². The number of aliphatic hydroxyl groups is 1. The average molecular weight is 344 g/mol. The van der Waals surface area contributed by atoms with Crippen molar-refractivity contribution in [3.63, 3.8) is 0 Å². The van der Waals surface area contributed by atoms with Crippen LogP contribution in [0.3, 0.4) is 0 Å². The van der Waals surface area contributed by atoms with Gasteiger partial charge in [0.05, 0.1) is 22.0 Å². The molecule has 2 heterocycles. The van der Waals surface area contributed by atoms with Crippen molar-refractivity contribution in [1.29, 1.82) is 0 Å². The molecule has 0 aliphatic carbocycles. The molecule has 0 amide bonds. The Morgan fingerprint density at radius 1 is 1.30 bits per heavy atom. The van der Waals surface area contributed by atoms with Crippen LogP contribution in [0.1, 0.15) is 44.5 Å². The molecular weight excluding hydrogens is 318 g/mol. The summed E-state index contributed by atoms with van der Waals surface area (Å²) < 4.78 is 2.89. The molecule has 0 bridgehead atoms. The third-order valence-corrected chi connectivity index (χ3v) is 5.67. The second-order valence-electron chi connectivity index (χ2n) is 6.39. The minimum Gasteiger partial charge on any atom is -0.391 e. The lowest BCUT2D eigenvalue weighted by Gasteiger charge is -2.44. The van der Waals surface area contributed by atoms with Crippen molar-refractivity contribution in [2.24, 2.45) is 7.05 Å². The highest BCUT2D eigenvalue weighted by atomic mass is 79.9. The van der Waals surface area contributed by atoms with E-state index in [-0.39, 0.29) is 5.54 Å². The van der Waals surface area contributed by atoms with Gasteiger partial charge in [0.25, 0.3) is 0 Å². The minimum absolute atomic E-state index is 0.196. The first-order valence-corrected chi connectivity index (χ1v) is 8.24. The fourth-order valence-electron chi connectivity index (χ4n) is 3.02. The molecule has 1 unspecified atom stereocenters. The summed E-state index contributed by atoms with van der Waals surface area (Å²) >= 11 is 3.58. The molecule has 2 rings (SSSR count). The Morgan fingerprint density at radius 2 is 1.90 bits per heavy atom. The maximum absolute atomic E-state index is 10.7. The van der Waals surface area contributed by atoms with Crippen LogP contribution in [0.25, 0.3) is 0 Å². The molecule has 1 aromatic heterocycles. The van der Waals surface area contributed by atoms with Gasteiger partial charge in [-0.3, -0.25) is 9.58 Å². The van der Waals surface area contributed by atoms with Crippen molar-refractivity contribution in [2.75, 3.05) is 13.1 Å². The molecule has 20 heavy (non-hydrogen) atoms. The predicted octanol–water partition coefficient (Wildman–Crippen LogP) is 2.66. The molecule has 0 aromatic carbocycles. The topological polar surface area (TPSA) is 41.3 Å². The van der Waals surface area contributed by atoms with E-state index >= 15 is 0 Å². The molecule has 1 fully saturated rings. The molecule has 0 saturated carbocycles. The zero-order valence-electron chi connectivity index (χ0n) is 13.0. The smallest absolute Gasteiger partial charge is 0.0774 e. The molecule has 1 aromatic rings. The van der Waals surface area contributed by atoms with Crippen LogP contribution in [0.15, 0.2) is 4.47 Å². The Hall–Kier alpha value is -0.390. The molecule has 1 aliphatic rings. The number of aliphatic hydroxyl groups excluding tert-OH is 1. The molecule has 5 heteroatoms. The van der Waals surface area contributed by atoms with Gasteiger partial charge in [0, 0.05) is 19.0 Å². The van der Waals surface area contributed by atoms with Crippen LogP contribution < -0.4 is 0 Å². The lowest BCUT2D eigenvalue weighted by molar-refractivity contribution is -0.0195. The van der Waals surface area contributed by atoms with Gasteiger partial charge in [0.1, 0.15) is 0 Å². The largest absolute Gasteiger partial charge is 0.391 e. The normalized spacial score (nSPS) is 19.3. The van der Waals surface area contributed by atoms with Crippen molar-refractivity contribution in [3.8, 4) is 0 Å². The first kappa shape index (κ1) is 16.0. The van der Waals surface area contributed by atoms with Gasteiger partial charge in [-0.25, -0.2) is 0 Å². The van der Waals surface area contributed by atoms with Crippen LogP contribution in [0.2, 0.25) is 0 Å². The van der Waals surface area contributed by atoms with Gasteiger partial charge < -0.3 is 5.11 Å². The fourth-order valence-corrected chi connectivity index (χ4v) is 3.51. The molecule has 0 radical (unpaired) electrons. The van der Waals surface area contributed by atoms with E-state index in [1.807, 2.05) is 18.7 Å². The highest BCUT2D eigenvalue weighted by Crippen LogP contribution is 2.28. The van der Waals surface area contributed by atoms with E-state index in [0.717, 1.165) is 29.0 Å². The van der Waals surface area contributed by atoms with Gasteiger partial charge in [-0.05, 0) is 62.6 Å². The summed E-state index contributed by atoms with van der Waals surface area (Å²) in [5, 5.41) is 15.1. The zero-order chi connectivity index (χ0) is 14.9. The first-order chi connectivity index (χ1) is 9.34. The van der Waals surface area contributed by atoms with Crippen LogP contribution in [-0.2, 0) is 13.5 Å². The standard InChI is InChI=1S/C15H26BrN3O/c1-11-14(16)12(18(4)17-11)10-13(20)15(2,3)19-8-6-5-7-9-19/h13,20H,5-10H2,1-4H3. The van der Waals surface area contributed by atoms with Crippen LogP contribution in [0.5, 0.6) is 0 Å². The van der Waals surface area contributed by atoms with E-state index in [9.17, 15) is 5.11 Å². The van der Waals surface area contributed by atoms with Crippen molar-refractivity contribution >= 4 is 15.9 Å². The molecule has 1 aliphatic heterocycles. The molecule has 1 saturated heterocycles. The Morgan fingerprint density at radius 3 is 2.40 bits per heavy atom. The molecule has 4 nitrogen and oxygen atoms in total. The second-order valence-corrected chi connectivity index (χ2v) is 7.18. The van der Waals surface area contributed by atoms with Crippen molar-refractivity contribution < 1.29 is 5.11 Å². The summed E-state index contributed by atoms with van der Waals surface area (Å²) in [5.74, 6) is 0. The summed E-state index contributed by atoms with van der Waals surface area (Å²) in [6, 6.07) is 0. The van der Waals surface area contributed by atoms with Gasteiger partial charge in [0.15, 0.2) is 0 Å². The highest BCUT2D eigenvalue weighted by Gasteiger charge is 2.35. The van der Waals surface area contributed by atoms with E-state index in [1.54, 1.807) is 0 Å². The summed E-state index contributed by atoms with van der Waals surface area (Å²) in [5.41, 5.74) is 1.85. The van der Waals surface area contributed by atoms with Gasteiger partial charge in [0.2, 0.25) is 0 Å². The number of hydrogen-bond donors (Lipinski definition) is 1. The van der Waals surface area contributed by atoms with Crippen LogP contribution >= 0.6 is 15.9 Å². The Kier molecular flexibility index (Phi) is 4.92. The quantitative estimate of drug-likeness (QED) is 0.913. The van der Waals surface area contributed by atoms with E-state index in [0.29, 0.717) is 6.42 Å². The van der Waals surface area contributed by atoms with E-state index in [4.69, 9.17) is 0 Å². The summed E-state index contributed by atoms with van der Waals surface area (Å²) in [7, 11) is 1.94. The maximum Gasteiger partial charge on any atom is 0.0774 e. The SMILES string of the molecule is Cc1nn(C)c(CC(O)C(C)(C)N2CCCCC2)c1Br.